The lowest BCUT2D eigenvalue weighted by Crippen LogP contribution is -2.28. The minimum absolute atomic E-state index is 0.0227. The van der Waals surface area contributed by atoms with Gasteiger partial charge in [0.25, 0.3) is 0 Å². The number of carbonyl (C=O) groups is 1. The monoisotopic (exact) mass is 424 g/mol. The minimum atomic E-state index is -0.335. The van der Waals surface area contributed by atoms with E-state index in [9.17, 15) is 4.79 Å². The van der Waals surface area contributed by atoms with Crippen LogP contribution in [0.2, 0.25) is 0 Å². The van der Waals surface area contributed by atoms with Gasteiger partial charge in [-0.3, -0.25) is 4.79 Å². The lowest BCUT2D eigenvalue weighted by Gasteiger charge is -2.25. The number of carbonyl (C=O) groups excluding carboxylic acids is 1. The molecular formula is C28H56O2. The standard InChI is InChI=1S/C28H56O2/c1-6-9-12-15-16-18-20-23-26(22-19-17-13-10-7-2)25-30-27(29)28(4,5)24-21-14-11-8-3/h26H,6-25H2,1-5H3. The topological polar surface area (TPSA) is 26.3 Å². The van der Waals surface area contributed by atoms with Crippen LogP contribution >= 0.6 is 0 Å². The molecule has 0 fully saturated rings. The van der Waals surface area contributed by atoms with Crippen LogP contribution in [0.15, 0.2) is 0 Å². The molecule has 0 aliphatic heterocycles. The SMILES string of the molecule is CCCCCCCCCC(CCCCCCC)COC(=O)C(C)(C)CCCCCC. The lowest BCUT2D eigenvalue weighted by molar-refractivity contribution is -0.156. The van der Waals surface area contributed by atoms with E-state index in [2.05, 4.69) is 34.6 Å². The van der Waals surface area contributed by atoms with E-state index in [1.54, 1.807) is 0 Å². The predicted molar refractivity (Wildman–Crippen MR) is 133 cm³/mol. The van der Waals surface area contributed by atoms with Crippen LogP contribution in [0.5, 0.6) is 0 Å². The first-order chi connectivity index (χ1) is 14.5. The minimum Gasteiger partial charge on any atom is -0.465 e. The first kappa shape index (κ1) is 29.5. The number of unbranched alkanes of at least 4 members (excludes halogenated alkanes) is 13. The molecule has 2 nitrogen and oxygen atoms in total. The molecule has 0 saturated carbocycles. The maximum absolute atomic E-state index is 12.7. The molecule has 0 aliphatic rings. The Morgan fingerprint density at radius 2 is 1.03 bits per heavy atom. The van der Waals surface area contributed by atoms with Crippen molar-refractivity contribution >= 4 is 5.97 Å². The predicted octanol–water partition coefficient (Wildman–Crippen LogP) is 9.64. The Morgan fingerprint density at radius 3 is 1.50 bits per heavy atom. The average molecular weight is 425 g/mol. The lowest BCUT2D eigenvalue weighted by atomic mass is 9.87. The molecule has 0 saturated heterocycles. The number of hydrogen-bond donors (Lipinski definition) is 0. The van der Waals surface area contributed by atoms with Crippen molar-refractivity contribution in [2.75, 3.05) is 6.61 Å². The Balaban J connectivity index is 4.29. The van der Waals surface area contributed by atoms with Crippen LogP contribution in [0.25, 0.3) is 0 Å². The Labute approximate surface area is 190 Å². The largest absolute Gasteiger partial charge is 0.465 e. The van der Waals surface area contributed by atoms with Crippen molar-refractivity contribution in [3.8, 4) is 0 Å². The zero-order valence-corrected chi connectivity index (χ0v) is 21.5. The van der Waals surface area contributed by atoms with Crippen molar-refractivity contribution in [2.24, 2.45) is 11.3 Å². The molecule has 1 unspecified atom stereocenters. The average Bonchev–Trinajstić information content (AvgIpc) is 2.73. The van der Waals surface area contributed by atoms with E-state index in [0.29, 0.717) is 12.5 Å². The summed E-state index contributed by atoms with van der Waals surface area (Å²) >= 11 is 0. The summed E-state index contributed by atoms with van der Waals surface area (Å²) in [5, 5.41) is 0. The van der Waals surface area contributed by atoms with Crippen molar-refractivity contribution < 1.29 is 9.53 Å². The molecule has 0 rings (SSSR count). The second-order valence-electron chi connectivity index (χ2n) is 10.3. The van der Waals surface area contributed by atoms with Gasteiger partial charge in [0, 0.05) is 0 Å². The number of ether oxygens (including phenoxy) is 1. The molecule has 0 aliphatic carbocycles. The van der Waals surface area contributed by atoms with Gasteiger partial charge in [0.05, 0.1) is 12.0 Å². The third-order valence-corrected chi connectivity index (χ3v) is 6.59. The summed E-state index contributed by atoms with van der Waals surface area (Å²) in [4.78, 5) is 12.7. The number of rotatable bonds is 22. The van der Waals surface area contributed by atoms with E-state index in [4.69, 9.17) is 4.74 Å². The summed E-state index contributed by atoms with van der Waals surface area (Å²) in [6.07, 6.45) is 24.4. The van der Waals surface area contributed by atoms with Gasteiger partial charge >= 0.3 is 5.97 Å². The van der Waals surface area contributed by atoms with Gasteiger partial charge in [-0.05, 0) is 39.0 Å². The molecule has 2 heteroatoms. The molecule has 0 heterocycles. The van der Waals surface area contributed by atoms with E-state index in [1.165, 1.54) is 109 Å². The fourth-order valence-corrected chi connectivity index (χ4v) is 4.22. The van der Waals surface area contributed by atoms with Crippen molar-refractivity contribution in [1.29, 1.82) is 0 Å². The molecule has 0 aromatic heterocycles. The van der Waals surface area contributed by atoms with Gasteiger partial charge in [0.15, 0.2) is 0 Å². The van der Waals surface area contributed by atoms with Crippen LogP contribution in [0.3, 0.4) is 0 Å². The van der Waals surface area contributed by atoms with Gasteiger partial charge in [0.1, 0.15) is 0 Å². The van der Waals surface area contributed by atoms with Crippen molar-refractivity contribution in [2.45, 2.75) is 157 Å². The fourth-order valence-electron chi connectivity index (χ4n) is 4.22. The van der Waals surface area contributed by atoms with E-state index in [0.717, 1.165) is 12.8 Å². The smallest absolute Gasteiger partial charge is 0.311 e. The Kier molecular flexibility index (Phi) is 20.0. The molecule has 0 N–H and O–H groups in total. The second-order valence-corrected chi connectivity index (χ2v) is 10.3. The first-order valence-electron chi connectivity index (χ1n) is 13.6. The highest BCUT2D eigenvalue weighted by Crippen LogP contribution is 2.27. The van der Waals surface area contributed by atoms with Gasteiger partial charge in [-0.2, -0.15) is 0 Å². The van der Waals surface area contributed by atoms with Crippen molar-refractivity contribution in [3.05, 3.63) is 0 Å². The summed E-state index contributed by atoms with van der Waals surface area (Å²) in [5.41, 5.74) is -0.335. The normalized spacial score (nSPS) is 12.8. The number of hydrogen-bond acceptors (Lipinski definition) is 2. The molecule has 1 atom stereocenters. The summed E-state index contributed by atoms with van der Waals surface area (Å²) in [7, 11) is 0. The zero-order chi connectivity index (χ0) is 22.5. The van der Waals surface area contributed by atoms with Crippen molar-refractivity contribution in [1.82, 2.24) is 0 Å². The zero-order valence-electron chi connectivity index (χ0n) is 21.5. The molecule has 0 bridgehead atoms. The molecule has 0 spiro atoms. The highest BCUT2D eigenvalue weighted by atomic mass is 16.5. The van der Waals surface area contributed by atoms with E-state index >= 15 is 0 Å². The van der Waals surface area contributed by atoms with E-state index in [1.807, 2.05) is 0 Å². The van der Waals surface area contributed by atoms with Gasteiger partial charge in [-0.15, -0.1) is 0 Å². The molecule has 0 amide bonds. The quantitative estimate of drug-likeness (QED) is 0.128. The molecular weight excluding hydrogens is 368 g/mol. The van der Waals surface area contributed by atoms with E-state index < -0.39 is 0 Å². The fraction of sp³-hybridized carbons (Fsp3) is 0.964. The second kappa shape index (κ2) is 20.4. The van der Waals surface area contributed by atoms with E-state index in [-0.39, 0.29) is 11.4 Å². The maximum Gasteiger partial charge on any atom is 0.311 e. The molecule has 0 radical (unpaired) electrons. The summed E-state index contributed by atoms with van der Waals surface area (Å²) in [5.74, 6) is 0.580. The first-order valence-corrected chi connectivity index (χ1v) is 13.6. The van der Waals surface area contributed by atoms with Crippen LogP contribution in [-0.4, -0.2) is 12.6 Å². The number of esters is 1. The summed E-state index contributed by atoms with van der Waals surface area (Å²) in [6, 6.07) is 0. The Bertz CT molecular complexity index is 375. The van der Waals surface area contributed by atoms with Gasteiger partial charge in [0.2, 0.25) is 0 Å². The third kappa shape index (κ3) is 17.2. The summed E-state index contributed by atoms with van der Waals surface area (Å²) < 4.78 is 5.88. The van der Waals surface area contributed by atoms with Crippen LogP contribution in [-0.2, 0) is 9.53 Å². The highest BCUT2D eigenvalue weighted by Gasteiger charge is 2.29. The maximum atomic E-state index is 12.7. The van der Waals surface area contributed by atoms with Crippen LogP contribution in [0.1, 0.15) is 157 Å². The van der Waals surface area contributed by atoms with Gasteiger partial charge in [-0.25, -0.2) is 0 Å². The highest BCUT2D eigenvalue weighted by molar-refractivity contribution is 5.75. The van der Waals surface area contributed by atoms with Crippen LogP contribution in [0, 0.1) is 11.3 Å². The Hall–Kier alpha value is -0.530. The van der Waals surface area contributed by atoms with Crippen molar-refractivity contribution in [3.63, 3.8) is 0 Å². The summed E-state index contributed by atoms with van der Waals surface area (Å²) in [6.45, 7) is 11.5. The Morgan fingerprint density at radius 1 is 0.633 bits per heavy atom. The van der Waals surface area contributed by atoms with Crippen LogP contribution in [0.4, 0.5) is 0 Å². The van der Waals surface area contributed by atoms with Gasteiger partial charge < -0.3 is 4.74 Å². The third-order valence-electron chi connectivity index (χ3n) is 6.59. The molecule has 0 aromatic carbocycles. The molecule has 0 aromatic rings. The molecule has 180 valence electrons. The van der Waals surface area contributed by atoms with Gasteiger partial charge in [-0.1, -0.05) is 124 Å². The van der Waals surface area contributed by atoms with Crippen LogP contribution < -0.4 is 0 Å². The molecule has 30 heavy (non-hydrogen) atoms.